The number of nitrogens with zero attached hydrogens (tertiary/aromatic N) is 1. The molecule has 0 fully saturated rings. The van der Waals surface area contributed by atoms with Gasteiger partial charge in [-0.2, -0.15) is 0 Å². The van der Waals surface area contributed by atoms with Crippen molar-refractivity contribution in [2.75, 3.05) is 0 Å². The van der Waals surface area contributed by atoms with Crippen molar-refractivity contribution in [3.63, 3.8) is 0 Å². The van der Waals surface area contributed by atoms with Gasteiger partial charge < -0.3 is 0 Å². The van der Waals surface area contributed by atoms with Gasteiger partial charge in [0.25, 0.3) is 0 Å². The van der Waals surface area contributed by atoms with Crippen molar-refractivity contribution in [1.29, 1.82) is 0 Å². The molecule has 90 valence electrons. The Hall–Kier alpha value is -0.890. The molecule has 0 aliphatic carbocycles. The van der Waals surface area contributed by atoms with Crippen molar-refractivity contribution < 1.29 is 0 Å². The van der Waals surface area contributed by atoms with Crippen LogP contribution in [0.3, 0.4) is 0 Å². The molecule has 0 spiro atoms. The predicted octanol–water partition coefficient (Wildman–Crippen LogP) is 4.59. The Morgan fingerprint density at radius 1 is 1.18 bits per heavy atom. The molecule has 1 heterocycles. The summed E-state index contributed by atoms with van der Waals surface area (Å²) >= 11 is 3.78. The van der Waals surface area contributed by atoms with Crippen LogP contribution in [0.1, 0.15) is 25.8 Å². The molecule has 2 rings (SSSR count). The summed E-state index contributed by atoms with van der Waals surface area (Å²) < 4.78 is 0. The van der Waals surface area contributed by atoms with Crippen LogP contribution >= 0.6 is 15.9 Å². The Bertz CT molecular complexity index is 488. The van der Waals surface area contributed by atoms with Crippen molar-refractivity contribution in [3.8, 4) is 0 Å². The van der Waals surface area contributed by atoms with Gasteiger partial charge in [-0.1, -0.05) is 48.0 Å². The fourth-order valence-electron chi connectivity index (χ4n) is 2.17. The second kappa shape index (κ2) is 5.63. The van der Waals surface area contributed by atoms with Gasteiger partial charge in [0, 0.05) is 16.4 Å². The lowest BCUT2D eigenvalue weighted by molar-refractivity contribution is 0.571. The zero-order chi connectivity index (χ0) is 12.3. The van der Waals surface area contributed by atoms with E-state index in [4.69, 9.17) is 0 Å². The normalized spacial score (nSPS) is 13.2. The van der Waals surface area contributed by atoms with E-state index in [9.17, 15) is 0 Å². The maximum atomic E-state index is 4.39. The lowest BCUT2D eigenvalue weighted by Gasteiger charge is -2.13. The minimum atomic E-state index is 0.549. The summed E-state index contributed by atoms with van der Waals surface area (Å²) in [5.41, 5.74) is 2.48. The molecule has 0 aliphatic rings. The fraction of sp³-hybridized carbons (Fsp3) is 0.400. The van der Waals surface area contributed by atoms with E-state index in [1.807, 2.05) is 12.3 Å². The van der Waals surface area contributed by atoms with Gasteiger partial charge in [0.2, 0.25) is 0 Å². The number of fused-ring (bicyclic) bond motifs is 1. The molecular formula is C15H18BrN. The molecule has 1 unspecified atom stereocenters. The van der Waals surface area contributed by atoms with Crippen LogP contribution in [0, 0.1) is 5.92 Å². The maximum Gasteiger partial charge on any atom is 0.0704 e. The van der Waals surface area contributed by atoms with Crippen molar-refractivity contribution in [3.05, 3.63) is 42.1 Å². The Morgan fingerprint density at radius 2 is 1.94 bits per heavy atom. The molecule has 1 aromatic carbocycles. The number of hydrogen-bond acceptors (Lipinski definition) is 1. The zero-order valence-electron chi connectivity index (χ0n) is 10.4. The van der Waals surface area contributed by atoms with E-state index in [-0.39, 0.29) is 0 Å². The van der Waals surface area contributed by atoms with Crippen molar-refractivity contribution in [1.82, 2.24) is 4.98 Å². The molecule has 1 nitrogen and oxygen atoms in total. The van der Waals surface area contributed by atoms with E-state index in [1.54, 1.807) is 0 Å². The van der Waals surface area contributed by atoms with Gasteiger partial charge in [-0.3, -0.25) is 4.98 Å². The Morgan fingerprint density at radius 3 is 2.71 bits per heavy atom. The van der Waals surface area contributed by atoms with Crippen LogP contribution in [0.15, 0.2) is 36.5 Å². The van der Waals surface area contributed by atoms with Crippen molar-refractivity contribution in [2.45, 2.75) is 31.5 Å². The molecule has 0 saturated heterocycles. The number of para-hydroxylation sites is 1. The minimum absolute atomic E-state index is 0.549. The number of alkyl halides is 1. The molecule has 0 aliphatic heterocycles. The predicted molar refractivity (Wildman–Crippen MR) is 77.6 cm³/mol. The summed E-state index contributed by atoms with van der Waals surface area (Å²) in [6.45, 7) is 4.53. The van der Waals surface area contributed by atoms with Gasteiger partial charge in [-0.05, 0) is 36.5 Å². The molecule has 0 bridgehead atoms. The number of aromatic nitrogens is 1. The van der Waals surface area contributed by atoms with Crippen LogP contribution in [-0.2, 0) is 6.42 Å². The number of benzene rings is 1. The molecule has 1 aromatic heterocycles. The third-order valence-corrected chi connectivity index (χ3v) is 3.61. The average molecular weight is 292 g/mol. The first-order valence-electron chi connectivity index (χ1n) is 6.13. The summed E-state index contributed by atoms with van der Waals surface area (Å²) in [4.78, 5) is 4.94. The molecule has 2 heteroatoms. The van der Waals surface area contributed by atoms with Gasteiger partial charge >= 0.3 is 0 Å². The van der Waals surface area contributed by atoms with E-state index in [0.29, 0.717) is 4.83 Å². The summed E-state index contributed by atoms with van der Waals surface area (Å²) in [5.74, 6) is 0.729. The van der Waals surface area contributed by atoms with Gasteiger partial charge in [-0.25, -0.2) is 0 Å². The molecular weight excluding hydrogens is 274 g/mol. The monoisotopic (exact) mass is 291 g/mol. The SMILES string of the molecule is CC(C)CC(Br)Cc1ccnc2ccccc12. The highest BCUT2D eigenvalue weighted by Crippen LogP contribution is 2.22. The minimum Gasteiger partial charge on any atom is -0.256 e. The molecule has 0 amide bonds. The molecule has 17 heavy (non-hydrogen) atoms. The summed E-state index contributed by atoms with van der Waals surface area (Å²) in [6, 6.07) is 10.5. The van der Waals surface area contributed by atoms with Gasteiger partial charge in [0.05, 0.1) is 5.52 Å². The first kappa shape index (κ1) is 12.6. The van der Waals surface area contributed by atoms with Gasteiger partial charge in [-0.15, -0.1) is 0 Å². The van der Waals surface area contributed by atoms with E-state index >= 15 is 0 Å². The highest BCUT2D eigenvalue weighted by Gasteiger charge is 2.10. The molecule has 1 atom stereocenters. The zero-order valence-corrected chi connectivity index (χ0v) is 11.9. The van der Waals surface area contributed by atoms with Crippen LogP contribution in [0.5, 0.6) is 0 Å². The van der Waals surface area contributed by atoms with Crippen molar-refractivity contribution >= 4 is 26.8 Å². The third kappa shape index (κ3) is 3.29. The lowest BCUT2D eigenvalue weighted by Crippen LogP contribution is -2.07. The van der Waals surface area contributed by atoms with E-state index in [1.165, 1.54) is 17.4 Å². The highest BCUT2D eigenvalue weighted by molar-refractivity contribution is 9.09. The van der Waals surface area contributed by atoms with Crippen LogP contribution in [-0.4, -0.2) is 9.81 Å². The Labute approximate surface area is 111 Å². The fourth-order valence-corrected chi connectivity index (χ4v) is 3.26. The first-order chi connectivity index (χ1) is 8.16. The lowest BCUT2D eigenvalue weighted by atomic mass is 10.00. The second-order valence-electron chi connectivity index (χ2n) is 4.92. The second-order valence-corrected chi connectivity index (χ2v) is 6.21. The smallest absolute Gasteiger partial charge is 0.0704 e. The molecule has 2 aromatic rings. The number of hydrogen-bond donors (Lipinski definition) is 0. The average Bonchev–Trinajstić information content (AvgIpc) is 2.28. The van der Waals surface area contributed by atoms with Crippen LogP contribution in [0.2, 0.25) is 0 Å². The highest BCUT2D eigenvalue weighted by atomic mass is 79.9. The number of rotatable bonds is 4. The Kier molecular flexibility index (Phi) is 4.16. The maximum absolute atomic E-state index is 4.39. The first-order valence-corrected chi connectivity index (χ1v) is 7.05. The molecule has 0 saturated carbocycles. The van der Waals surface area contributed by atoms with Crippen LogP contribution in [0.25, 0.3) is 10.9 Å². The van der Waals surface area contributed by atoms with Crippen LogP contribution in [0.4, 0.5) is 0 Å². The van der Waals surface area contributed by atoms with Crippen molar-refractivity contribution in [2.24, 2.45) is 5.92 Å². The summed E-state index contributed by atoms with van der Waals surface area (Å²) in [5, 5.41) is 1.28. The quantitative estimate of drug-likeness (QED) is 0.751. The largest absolute Gasteiger partial charge is 0.256 e. The van der Waals surface area contributed by atoms with Gasteiger partial charge in [0.15, 0.2) is 0 Å². The van der Waals surface area contributed by atoms with E-state index in [2.05, 4.69) is 59.0 Å². The van der Waals surface area contributed by atoms with Crippen LogP contribution < -0.4 is 0 Å². The third-order valence-electron chi connectivity index (χ3n) is 2.91. The number of pyridine rings is 1. The molecule has 0 radical (unpaired) electrons. The molecule has 0 N–H and O–H groups in total. The topological polar surface area (TPSA) is 12.9 Å². The number of halogens is 1. The van der Waals surface area contributed by atoms with E-state index in [0.717, 1.165) is 17.9 Å². The summed E-state index contributed by atoms with van der Waals surface area (Å²) in [7, 11) is 0. The Balaban J connectivity index is 2.24. The van der Waals surface area contributed by atoms with Gasteiger partial charge in [0.1, 0.15) is 0 Å². The van der Waals surface area contributed by atoms with E-state index < -0.39 is 0 Å². The standard InChI is InChI=1S/C15H18BrN/c1-11(2)9-13(16)10-12-7-8-17-15-6-4-3-5-14(12)15/h3-8,11,13H,9-10H2,1-2H3. The summed E-state index contributed by atoms with van der Waals surface area (Å²) in [6.07, 6.45) is 4.19.